The lowest BCUT2D eigenvalue weighted by molar-refractivity contribution is 0.0690. The maximum absolute atomic E-state index is 10.9. The second kappa shape index (κ2) is 5.33. The molecule has 102 valence electrons. The molecule has 20 heavy (non-hydrogen) atoms. The number of carbonyl (C=O) groups is 1. The van der Waals surface area contributed by atoms with Crippen LogP contribution in [0.2, 0.25) is 0 Å². The van der Waals surface area contributed by atoms with Crippen molar-refractivity contribution < 1.29 is 9.90 Å². The van der Waals surface area contributed by atoms with E-state index >= 15 is 0 Å². The minimum absolute atomic E-state index is 0.0752. The lowest BCUT2D eigenvalue weighted by Crippen LogP contribution is -2.27. The van der Waals surface area contributed by atoms with Gasteiger partial charge >= 0.3 is 5.97 Å². The summed E-state index contributed by atoms with van der Waals surface area (Å²) in [6.45, 7) is 0. The van der Waals surface area contributed by atoms with Crippen molar-refractivity contribution in [2.75, 3.05) is 5.32 Å². The maximum Gasteiger partial charge on any atom is 0.354 e. The van der Waals surface area contributed by atoms with E-state index in [1.807, 2.05) is 6.07 Å². The van der Waals surface area contributed by atoms with Gasteiger partial charge in [-0.2, -0.15) is 0 Å². The van der Waals surface area contributed by atoms with Gasteiger partial charge in [0.25, 0.3) is 0 Å². The van der Waals surface area contributed by atoms with Gasteiger partial charge in [0.15, 0.2) is 0 Å². The summed E-state index contributed by atoms with van der Waals surface area (Å²) in [5.74, 6) is -0.998. The number of nitrogens with one attached hydrogen (secondary N) is 1. The van der Waals surface area contributed by atoms with E-state index < -0.39 is 5.97 Å². The highest BCUT2D eigenvalue weighted by molar-refractivity contribution is 5.86. The molecule has 1 heterocycles. The second-order valence-corrected chi connectivity index (χ2v) is 5.09. The molecule has 0 fully saturated rings. The molecule has 2 aromatic rings. The van der Waals surface area contributed by atoms with Gasteiger partial charge in [-0.1, -0.05) is 24.3 Å². The molecule has 0 saturated carbocycles. The van der Waals surface area contributed by atoms with E-state index in [0.29, 0.717) is 6.04 Å². The van der Waals surface area contributed by atoms with Crippen LogP contribution in [0.1, 0.15) is 28.0 Å². The maximum atomic E-state index is 10.9. The highest BCUT2D eigenvalue weighted by atomic mass is 16.4. The molecule has 1 unspecified atom stereocenters. The molecule has 4 nitrogen and oxygen atoms in total. The van der Waals surface area contributed by atoms with Gasteiger partial charge in [-0.05, 0) is 42.5 Å². The molecule has 1 aromatic carbocycles. The van der Waals surface area contributed by atoms with Gasteiger partial charge in [0.2, 0.25) is 0 Å². The summed E-state index contributed by atoms with van der Waals surface area (Å²) in [7, 11) is 0. The number of benzene rings is 1. The van der Waals surface area contributed by atoms with Crippen LogP contribution in [-0.4, -0.2) is 22.1 Å². The molecule has 0 aliphatic heterocycles. The van der Waals surface area contributed by atoms with Crippen LogP contribution >= 0.6 is 0 Å². The summed E-state index contributed by atoms with van der Waals surface area (Å²) in [5, 5.41) is 12.4. The Hall–Kier alpha value is -2.36. The average molecular weight is 268 g/mol. The van der Waals surface area contributed by atoms with Crippen LogP contribution in [0.5, 0.6) is 0 Å². The summed E-state index contributed by atoms with van der Waals surface area (Å²) in [6.07, 6.45) is 4.62. The van der Waals surface area contributed by atoms with Crippen LogP contribution in [0.4, 0.5) is 5.69 Å². The zero-order valence-electron chi connectivity index (χ0n) is 11.0. The van der Waals surface area contributed by atoms with Crippen LogP contribution in [-0.2, 0) is 12.8 Å². The molecular formula is C16H16N2O2. The summed E-state index contributed by atoms with van der Waals surface area (Å²) >= 11 is 0. The molecule has 0 saturated heterocycles. The van der Waals surface area contributed by atoms with Crippen molar-refractivity contribution in [1.82, 2.24) is 4.98 Å². The number of anilines is 1. The number of nitrogens with zero attached hydrogens (tertiary/aromatic N) is 1. The normalized spacial score (nSPS) is 17.3. The molecule has 1 aliphatic carbocycles. The minimum atomic E-state index is -0.998. The van der Waals surface area contributed by atoms with Gasteiger partial charge in [-0.15, -0.1) is 0 Å². The molecule has 4 heteroatoms. The topological polar surface area (TPSA) is 62.2 Å². The average Bonchev–Trinajstić information content (AvgIpc) is 2.47. The van der Waals surface area contributed by atoms with Crippen molar-refractivity contribution in [3.63, 3.8) is 0 Å². The van der Waals surface area contributed by atoms with Gasteiger partial charge in [0.1, 0.15) is 5.69 Å². The summed E-state index contributed by atoms with van der Waals surface area (Å²) in [6, 6.07) is 12.2. The van der Waals surface area contributed by atoms with E-state index in [2.05, 4.69) is 34.6 Å². The van der Waals surface area contributed by atoms with Gasteiger partial charge in [-0.3, -0.25) is 0 Å². The number of hydrogen-bond donors (Lipinski definition) is 2. The fourth-order valence-electron chi connectivity index (χ4n) is 2.69. The van der Waals surface area contributed by atoms with E-state index in [1.165, 1.54) is 17.3 Å². The lowest BCUT2D eigenvalue weighted by Gasteiger charge is -2.26. The number of fused-ring (bicyclic) bond motifs is 1. The number of pyridine rings is 1. The first-order valence-electron chi connectivity index (χ1n) is 6.75. The molecule has 0 radical (unpaired) electrons. The number of rotatable bonds is 3. The van der Waals surface area contributed by atoms with Crippen molar-refractivity contribution in [2.45, 2.75) is 25.3 Å². The highest BCUT2D eigenvalue weighted by Gasteiger charge is 2.18. The molecule has 0 bridgehead atoms. The van der Waals surface area contributed by atoms with Crippen molar-refractivity contribution >= 4 is 11.7 Å². The predicted molar refractivity (Wildman–Crippen MR) is 77.1 cm³/mol. The quantitative estimate of drug-likeness (QED) is 0.898. The van der Waals surface area contributed by atoms with E-state index in [4.69, 9.17) is 5.11 Å². The van der Waals surface area contributed by atoms with Gasteiger partial charge in [-0.25, -0.2) is 9.78 Å². The van der Waals surface area contributed by atoms with Gasteiger partial charge < -0.3 is 10.4 Å². The Labute approximate surface area is 117 Å². The van der Waals surface area contributed by atoms with E-state index in [1.54, 1.807) is 6.07 Å². The number of hydrogen-bond acceptors (Lipinski definition) is 3. The van der Waals surface area contributed by atoms with Crippen LogP contribution in [0.3, 0.4) is 0 Å². The van der Waals surface area contributed by atoms with Crippen LogP contribution in [0.15, 0.2) is 42.6 Å². The third kappa shape index (κ3) is 2.64. The first-order valence-corrected chi connectivity index (χ1v) is 6.75. The largest absolute Gasteiger partial charge is 0.477 e. The summed E-state index contributed by atoms with van der Waals surface area (Å²) < 4.78 is 0. The van der Waals surface area contributed by atoms with Crippen LogP contribution in [0, 0.1) is 0 Å². The summed E-state index contributed by atoms with van der Waals surface area (Å²) in [4.78, 5) is 14.7. The van der Waals surface area contributed by atoms with Crippen molar-refractivity contribution in [1.29, 1.82) is 0 Å². The first kappa shape index (κ1) is 12.7. The fourth-order valence-corrected chi connectivity index (χ4v) is 2.69. The molecule has 1 aliphatic rings. The third-order valence-corrected chi connectivity index (χ3v) is 3.70. The van der Waals surface area contributed by atoms with E-state index in [0.717, 1.165) is 24.9 Å². The standard InChI is InChI=1S/C16H16N2O2/c19-16(20)15-10-14(7-8-17-15)18-13-6-5-11-3-1-2-4-12(11)9-13/h1-4,7-8,10,13H,5-6,9H2,(H,17,18)(H,19,20). The van der Waals surface area contributed by atoms with Crippen molar-refractivity contribution in [3.05, 3.63) is 59.4 Å². The van der Waals surface area contributed by atoms with Crippen LogP contribution < -0.4 is 5.32 Å². The molecule has 0 amide bonds. The number of carboxylic acids is 1. The molecule has 1 aromatic heterocycles. The Morgan fingerprint density at radius 3 is 2.85 bits per heavy atom. The lowest BCUT2D eigenvalue weighted by atomic mass is 9.88. The SMILES string of the molecule is O=C(O)c1cc(NC2CCc3ccccc3C2)ccn1. The number of carboxylic acid groups (broad SMARTS) is 1. The Morgan fingerprint density at radius 2 is 2.05 bits per heavy atom. The van der Waals surface area contributed by atoms with E-state index in [9.17, 15) is 4.79 Å². The summed E-state index contributed by atoms with van der Waals surface area (Å²) in [5.41, 5.74) is 3.70. The minimum Gasteiger partial charge on any atom is -0.477 e. The molecule has 1 atom stereocenters. The molecule has 2 N–H and O–H groups in total. The van der Waals surface area contributed by atoms with Gasteiger partial charge in [0.05, 0.1) is 0 Å². The molecule has 3 rings (SSSR count). The monoisotopic (exact) mass is 268 g/mol. The Bertz CT molecular complexity index is 640. The zero-order valence-corrected chi connectivity index (χ0v) is 11.0. The number of aromatic nitrogens is 1. The number of aryl methyl sites for hydroxylation is 1. The number of aromatic carboxylic acids is 1. The fraction of sp³-hybridized carbons (Fsp3) is 0.250. The second-order valence-electron chi connectivity index (χ2n) is 5.09. The first-order chi connectivity index (χ1) is 9.72. The molecule has 0 spiro atoms. The highest BCUT2D eigenvalue weighted by Crippen LogP contribution is 2.23. The Kier molecular flexibility index (Phi) is 3.37. The molecular weight excluding hydrogens is 252 g/mol. The van der Waals surface area contributed by atoms with Crippen molar-refractivity contribution in [2.24, 2.45) is 0 Å². The predicted octanol–water partition coefficient (Wildman–Crippen LogP) is 2.75. The van der Waals surface area contributed by atoms with Gasteiger partial charge in [0, 0.05) is 17.9 Å². The van der Waals surface area contributed by atoms with Crippen molar-refractivity contribution in [3.8, 4) is 0 Å². The Morgan fingerprint density at radius 1 is 1.25 bits per heavy atom. The van der Waals surface area contributed by atoms with Crippen LogP contribution in [0.25, 0.3) is 0 Å². The zero-order chi connectivity index (χ0) is 13.9. The third-order valence-electron chi connectivity index (χ3n) is 3.70. The Balaban J connectivity index is 1.73. The van der Waals surface area contributed by atoms with E-state index in [-0.39, 0.29) is 5.69 Å². The smallest absolute Gasteiger partial charge is 0.354 e.